The molecule has 0 unspecified atom stereocenters. The lowest BCUT2D eigenvalue weighted by Crippen LogP contribution is -2.15. The van der Waals surface area contributed by atoms with E-state index >= 15 is 0 Å². The number of aryl methyl sites for hydroxylation is 1. The van der Waals surface area contributed by atoms with Gasteiger partial charge in [0.25, 0.3) is 0 Å². The summed E-state index contributed by atoms with van der Waals surface area (Å²) < 4.78 is 5.35. The summed E-state index contributed by atoms with van der Waals surface area (Å²) in [7, 11) is 0. The second kappa shape index (κ2) is 4.97. The van der Waals surface area contributed by atoms with Crippen LogP contribution < -0.4 is 4.74 Å². The van der Waals surface area contributed by atoms with Crippen molar-refractivity contribution in [3.63, 3.8) is 0 Å². The van der Waals surface area contributed by atoms with Gasteiger partial charge in [-0.1, -0.05) is 32.6 Å². The van der Waals surface area contributed by atoms with Crippen molar-refractivity contribution >= 4 is 11.5 Å². The van der Waals surface area contributed by atoms with E-state index in [1.807, 2.05) is 45.9 Å². The summed E-state index contributed by atoms with van der Waals surface area (Å²) in [5.74, 6) is 0.262. The van der Waals surface area contributed by atoms with Crippen LogP contribution in [0.3, 0.4) is 0 Å². The van der Waals surface area contributed by atoms with Crippen LogP contribution in [0.1, 0.15) is 31.9 Å². The molecule has 86 valence electrons. The fourth-order valence-corrected chi connectivity index (χ4v) is 1.29. The molecule has 0 aliphatic heterocycles. The Bertz CT molecular complexity index is 417. The van der Waals surface area contributed by atoms with Crippen LogP contribution in [0.2, 0.25) is 0 Å². The quantitative estimate of drug-likeness (QED) is 0.572. The zero-order valence-electron chi connectivity index (χ0n) is 10.3. The molecule has 0 fully saturated rings. The number of rotatable bonds is 3. The van der Waals surface area contributed by atoms with E-state index in [4.69, 9.17) is 4.74 Å². The lowest BCUT2D eigenvalue weighted by atomic mass is 10.1. The van der Waals surface area contributed by atoms with Gasteiger partial charge in [0.2, 0.25) is 0 Å². The van der Waals surface area contributed by atoms with E-state index in [9.17, 15) is 4.79 Å². The average molecular weight is 218 g/mol. The first-order valence-corrected chi connectivity index (χ1v) is 5.40. The first-order valence-electron chi connectivity index (χ1n) is 5.40. The number of carbonyl (C=O) groups is 1. The summed E-state index contributed by atoms with van der Waals surface area (Å²) in [5, 5.41) is 0. The Labute approximate surface area is 96.9 Å². The highest BCUT2D eigenvalue weighted by atomic mass is 16.5. The van der Waals surface area contributed by atoms with E-state index in [0.717, 1.165) is 16.7 Å². The van der Waals surface area contributed by atoms with Crippen LogP contribution in [0, 0.1) is 12.8 Å². The van der Waals surface area contributed by atoms with Crippen molar-refractivity contribution in [1.82, 2.24) is 0 Å². The fourth-order valence-electron chi connectivity index (χ4n) is 1.29. The number of esters is 1. The van der Waals surface area contributed by atoms with Crippen molar-refractivity contribution in [3.8, 4) is 5.75 Å². The number of ether oxygens (including phenoxy) is 1. The summed E-state index contributed by atoms with van der Waals surface area (Å²) in [5.41, 5.74) is 2.85. The van der Waals surface area contributed by atoms with Crippen LogP contribution in [0.15, 0.2) is 24.8 Å². The highest BCUT2D eigenvalue weighted by molar-refractivity contribution is 5.77. The van der Waals surface area contributed by atoms with Crippen molar-refractivity contribution in [3.05, 3.63) is 35.9 Å². The maximum atomic E-state index is 11.5. The first kappa shape index (κ1) is 12.5. The van der Waals surface area contributed by atoms with Gasteiger partial charge in [0.15, 0.2) is 0 Å². The predicted molar refractivity (Wildman–Crippen MR) is 66.4 cm³/mol. The van der Waals surface area contributed by atoms with Gasteiger partial charge >= 0.3 is 5.97 Å². The molecule has 0 radical (unpaired) electrons. The standard InChI is InChI=1S/C14H18O2/c1-9(2)12-7-6-11(5)8-13(12)16-14(15)10(3)4/h6-8,10H,1H2,2-5H3. The zero-order chi connectivity index (χ0) is 12.3. The molecule has 0 aliphatic carbocycles. The van der Waals surface area contributed by atoms with Crippen molar-refractivity contribution in [2.75, 3.05) is 0 Å². The lowest BCUT2D eigenvalue weighted by Gasteiger charge is -2.12. The van der Waals surface area contributed by atoms with E-state index in [1.165, 1.54) is 0 Å². The van der Waals surface area contributed by atoms with Crippen molar-refractivity contribution in [2.24, 2.45) is 5.92 Å². The third kappa shape index (κ3) is 2.96. The molecule has 0 N–H and O–H groups in total. The van der Waals surface area contributed by atoms with Gasteiger partial charge in [-0.3, -0.25) is 4.79 Å². The summed E-state index contributed by atoms with van der Waals surface area (Å²) >= 11 is 0. The molecule has 2 heteroatoms. The van der Waals surface area contributed by atoms with Crippen molar-refractivity contribution < 1.29 is 9.53 Å². The number of benzene rings is 1. The largest absolute Gasteiger partial charge is 0.426 e. The van der Waals surface area contributed by atoms with Crippen LogP contribution >= 0.6 is 0 Å². The molecule has 0 spiro atoms. The summed E-state index contributed by atoms with van der Waals surface area (Å²) in [6.45, 7) is 11.4. The Morgan fingerprint density at radius 1 is 1.38 bits per heavy atom. The van der Waals surface area contributed by atoms with Crippen LogP contribution in [-0.4, -0.2) is 5.97 Å². The van der Waals surface area contributed by atoms with Gasteiger partial charge in [0, 0.05) is 5.56 Å². The molecule has 0 saturated heterocycles. The third-order valence-electron chi connectivity index (χ3n) is 2.28. The van der Waals surface area contributed by atoms with E-state index < -0.39 is 0 Å². The minimum absolute atomic E-state index is 0.126. The van der Waals surface area contributed by atoms with Gasteiger partial charge in [-0.25, -0.2) is 0 Å². The SMILES string of the molecule is C=C(C)c1ccc(C)cc1OC(=O)C(C)C. The first-order chi connectivity index (χ1) is 7.41. The maximum Gasteiger partial charge on any atom is 0.313 e. The second-order valence-electron chi connectivity index (χ2n) is 4.36. The second-order valence-corrected chi connectivity index (χ2v) is 4.36. The van der Waals surface area contributed by atoms with Crippen LogP contribution in [-0.2, 0) is 4.79 Å². The van der Waals surface area contributed by atoms with E-state index in [1.54, 1.807) is 0 Å². The van der Waals surface area contributed by atoms with Crippen LogP contribution in [0.25, 0.3) is 5.57 Å². The molecule has 0 saturated carbocycles. The number of carbonyl (C=O) groups excluding carboxylic acids is 1. The number of allylic oxidation sites excluding steroid dienone is 1. The molecule has 0 atom stereocenters. The minimum atomic E-state index is -0.215. The van der Waals surface area contributed by atoms with E-state index in [2.05, 4.69) is 6.58 Å². The Morgan fingerprint density at radius 3 is 2.50 bits per heavy atom. The monoisotopic (exact) mass is 218 g/mol. The number of hydrogen-bond donors (Lipinski definition) is 0. The molecular weight excluding hydrogens is 200 g/mol. The molecule has 16 heavy (non-hydrogen) atoms. The van der Waals surface area contributed by atoms with Crippen LogP contribution in [0.4, 0.5) is 0 Å². The highest BCUT2D eigenvalue weighted by Crippen LogP contribution is 2.26. The van der Waals surface area contributed by atoms with Crippen molar-refractivity contribution in [1.29, 1.82) is 0 Å². The van der Waals surface area contributed by atoms with E-state index in [-0.39, 0.29) is 11.9 Å². The van der Waals surface area contributed by atoms with E-state index in [0.29, 0.717) is 5.75 Å². The summed E-state index contributed by atoms with van der Waals surface area (Å²) in [4.78, 5) is 11.5. The highest BCUT2D eigenvalue weighted by Gasteiger charge is 2.13. The maximum absolute atomic E-state index is 11.5. The molecule has 0 amide bonds. The normalized spacial score (nSPS) is 10.3. The molecule has 0 aromatic heterocycles. The van der Waals surface area contributed by atoms with Gasteiger partial charge in [0.05, 0.1) is 5.92 Å². The predicted octanol–water partition coefficient (Wildman–Crippen LogP) is 3.59. The minimum Gasteiger partial charge on any atom is -0.426 e. The molecule has 1 aromatic rings. The molecular formula is C14H18O2. The van der Waals surface area contributed by atoms with Gasteiger partial charge in [-0.05, 0) is 31.1 Å². The molecule has 1 aromatic carbocycles. The summed E-state index contributed by atoms with van der Waals surface area (Å²) in [6.07, 6.45) is 0. The van der Waals surface area contributed by atoms with Gasteiger partial charge in [-0.2, -0.15) is 0 Å². The lowest BCUT2D eigenvalue weighted by molar-refractivity contribution is -0.137. The zero-order valence-corrected chi connectivity index (χ0v) is 10.3. The topological polar surface area (TPSA) is 26.3 Å². The van der Waals surface area contributed by atoms with Crippen molar-refractivity contribution in [2.45, 2.75) is 27.7 Å². The van der Waals surface area contributed by atoms with Gasteiger partial charge in [0.1, 0.15) is 5.75 Å². The molecule has 0 aliphatic rings. The molecule has 1 rings (SSSR count). The molecule has 0 heterocycles. The third-order valence-corrected chi connectivity index (χ3v) is 2.28. The Kier molecular flexibility index (Phi) is 3.88. The Balaban J connectivity index is 3.06. The fraction of sp³-hybridized carbons (Fsp3) is 0.357. The molecule has 2 nitrogen and oxygen atoms in total. The van der Waals surface area contributed by atoms with Gasteiger partial charge in [-0.15, -0.1) is 0 Å². The number of hydrogen-bond acceptors (Lipinski definition) is 2. The summed E-state index contributed by atoms with van der Waals surface area (Å²) in [6, 6.07) is 5.78. The average Bonchev–Trinajstić information content (AvgIpc) is 2.16. The Hall–Kier alpha value is -1.57. The smallest absolute Gasteiger partial charge is 0.313 e. The molecule has 0 bridgehead atoms. The van der Waals surface area contributed by atoms with Gasteiger partial charge < -0.3 is 4.74 Å². The Morgan fingerprint density at radius 2 is 2.00 bits per heavy atom. The van der Waals surface area contributed by atoms with Crippen LogP contribution in [0.5, 0.6) is 5.75 Å².